The minimum atomic E-state index is 0.995. The summed E-state index contributed by atoms with van der Waals surface area (Å²) >= 11 is 0. The molecule has 0 atom stereocenters. The predicted octanol–water partition coefficient (Wildman–Crippen LogP) is 2.09. The SMILES string of the molecule is CCC1=C2C=NC(C)=C2C=N1. The molecule has 0 N–H and O–H groups in total. The van der Waals surface area contributed by atoms with Gasteiger partial charge in [0.1, 0.15) is 0 Å². The zero-order valence-corrected chi connectivity index (χ0v) is 6.76. The Hall–Kier alpha value is -1.18. The maximum absolute atomic E-state index is 4.29. The number of rotatable bonds is 1. The van der Waals surface area contributed by atoms with Crippen molar-refractivity contribution >= 4 is 12.4 Å². The van der Waals surface area contributed by atoms with Crippen molar-refractivity contribution in [3.63, 3.8) is 0 Å². The number of nitrogens with zero attached hydrogens (tertiary/aromatic N) is 2. The van der Waals surface area contributed by atoms with E-state index in [1.54, 1.807) is 0 Å². The van der Waals surface area contributed by atoms with Gasteiger partial charge < -0.3 is 0 Å². The lowest BCUT2D eigenvalue weighted by molar-refractivity contribution is 1.07. The van der Waals surface area contributed by atoms with Gasteiger partial charge in [-0.3, -0.25) is 9.98 Å². The minimum Gasteiger partial charge on any atom is -0.260 e. The molecule has 2 nitrogen and oxygen atoms in total. The van der Waals surface area contributed by atoms with Gasteiger partial charge in [0.15, 0.2) is 0 Å². The fraction of sp³-hybridized carbons (Fsp3) is 0.333. The second-order valence-corrected chi connectivity index (χ2v) is 2.73. The lowest BCUT2D eigenvalue weighted by Crippen LogP contribution is -1.84. The molecule has 0 radical (unpaired) electrons. The number of aliphatic imine (C=N–C) groups is 2. The Kier molecular flexibility index (Phi) is 1.28. The molecule has 0 spiro atoms. The molecule has 0 fully saturated rings. The third-order valence-electron chi connectivity index (χ3n) is 2.06. The molecule has 0 aromatic heterocycles. The fourth-order valence-electron chi connectivity index (χ4n) is 1.38. The maximum atomic E-state index is 4.29. The maximum Gasteiger partial charge on any atom is 0.0496 e. The quantitative estimate of drug-likeness (QED) is 0.541. The standard InChI is InChI=1S/C9H10N2/c1-3-9-8-5-10-6(2)7(8)4-11-9/h4-5H,3H2,1-2H3. The van der Waals surface area contributed by atoms with Crippen molar-refractivity contribution in [1.29, 1.82) is 0 Å². The lowest BCUT2D eigenvalue weighted by atomic mass is 10.1. The van der Waals surface area contributed by atoms with E-state index >= 15 is 0 Å². The molecule has 2 rings (SSSR count). The number of fused-ring (bicyclic) bond motifs is 1. The molecule has 2 heteroatoms. The van der Waals surface area contributed by atoms with Gasteiger partial charge >= 0.3 is 0 Å². The molecular formula is C9H10N2. The van der Waals surface area contributed by atoms with Crippen LogP contribution < -0.4 is 0 Å². The van der Waals surface area contributed by atoms with Crippen molar-refractivity contribution in [2.24, 2.45) is 9.98 Å². The van der Waals surface area contributed by atoms with Gasteiger partial charge in [0.25, 0.3) is 0 Å². The second kappa shape index (κ2) is 2.16. The number of allylic oxidation sites excluding steroid dienone is 4. The Morgan fingerprint density at radius 2 is 1.91 bits per heavy atom. The first-order chi connectivity index (χ1) is 5.33. The van der Waals surface area contributed by atoms with Gasteiger partial charge in [0, 0.05) is 35.0 Å². The van der Waals surface area contributed by atoms with E-state index in [1.807, 2.05) is 19.4 Å². The van der Waals surface area contributed by atoms with Crippen molar-refractivity contribution < 1.29 is 0 Å². The van der Waals surface area contributed by atoms with E-state index < -0.39 is 0 Å². The largest absolute Gasteiger partial charge is 0.260 e. The smallest absolute Gasteiger partial charge is 0.0496 e. The average Bonchev–Trinajstić information content (AvgIpc) is 2.53. The highest BCUT2D eigenvalue weighted by Crippen LogP contribution is 2.28. The molecule has 0 amide bonds. The lowest BCUT2D eigenvalue weighted by Gasteiger charge is -1.92. The Morgan fingerprint density at radius 1 is 1.18 bits per heavy atom. The van der Waals surface area contributed by atoms with Crippen molar-refractivity contribution in [1.82, 2.24) is 0 Å². The van der Waals surface area contributed by atoms with Crippen LogP contribution in [0.1, 0.15) is 20.3 Å². The van der Waals surface area contributed by atoms with Gasteiger partial charge in [0.05, 0.1) is 0 Å². The molecule has 0 aromatic rings. The van der Waals surface area contributed by atoms with Crippen LogP contribution in [-0.2, 0) is 0 Å². The van der Waals surface area contributed by atoms with Gasteiger partial charge in [-0.1, -0.05) is 6.92 Å². The summed E-state index contributed by atoms with van der Waals surface area (Å²) in [6.45, 7) is 4.13. The third kappa shape index (κ3) is 0.788. The molecule has 2 aliphatic heterocycles. The van der Waals surface area contributed by atoms with Crippen LogP contribution in [0.25, 0.3) is 0 Å². The van der Waals surface area contributed by atoms with E-state index in [-0.39, 0.29) is 0 Å². The molecule has 0 aromatic carbocycles. The molecular weight excluding hydrogens is 136 g/mol. The van der Waals surface area contributed by atoms with E-state index in [2.05, 4.69) is 16.9 Å². The van der Waals surface area contributed by atoms with Crippen molar-refractivity contribution in [3.05, 3.63) is 22.5 Å². The third-order valence-corrected chi connectivity index (χ3v) is 2.06. The van der Waals surface area contributed by atoms with Gasteiger partial charge in [-0.05, 0) is 13.3 Å². The Morgan fingerprint density at radius 3 is 2.64 bits per heavy atom. The fourth-order valence-corrected chi connectivity index (χ4v) is 1.38. The van der Waals surface area contributed by atoms with Crippen LogP contribution in [0.2, 0.25) is 0 Å². The van der Waals surface area contributed by atoms with E-state index in [1.165, 1.54) is 16.8 Å². The minimum absolute atomic E-state index is 0.995. The summed E-state index contributed by atoms with van der Waals surface area (Å²) in [7, 11) is 0. The molecule has 0 saturated carbocycles. The van der Waals surface area contributed by atoms with Gasteiger partial charge in [-0.25, -0.2) is 0 Å². The topological polar surface area (TPSA) is 24.7 Å². The first-order valence-corrected chi connectivity index (χ1v) is 3.85. The molecule has 0 unspecified atom stereocenters. The molecule has 56 valence electrons. The first-order valence-electron chi connectivity index (χ1n) is 3.85. The Labute approximate surface area is 66.1 Å². The molecule has 0 saturated heterocycles. The highest BCUT2D eigenvalue weighted by atomic mass is 14.8. The highest BCUT2D eigenvalue weighted by Gasteiger charge is 2.18. The van der Waals surface area contributed by atoms with Crippen molar-refractivity contribution in [2.75, 3.05) is 0 Å². The van der Waals surface area contributed by atoms with Crippen LogP contribution in [0.3, 0.4) is 0 Å². The first kappa shape index (κ1) is 6.53. The second-order valence-electron chi connectivity index (χ2n) is 2.73. The zero-order valence-electron chi connectivity index (χ0n) is 6.76. The van der Waals surface area contributed by atoms with Crippen LogP contribution in [0.5, 0.6) is 0 Å². The summed E-state index contributed by atoms with van der Waals surface area (Å²) in [4.78, 5) is 8.52. The van der Waals surface area contributed by atoms with E-state index in [4.69, 9.17) is 0 Å². The van der Waals surface area contributed by atoms with Crippen molar-refractivity contribution in [2.45, 2.75) is 20.3 Å². The normalized spacial score (nSPS) is 20.5. The van der Waals surface area contributed by atoms with Crippen LogP contribution in [-0.4, -0.2) is 12.4 Å². The monoisotopic (exact) mass is 146 g/mol. The van der Waals surface area contributed by atoms with Crippen molar-refractivity contribution in [3.8, 4) is 0 Å². The summed E-state index contributed by atoms with van der Waals surface area (Å²) < 4.78 is 0. The molecule has 0 bridgehead atoms. The summed E-state index contributed by atoms with van der Waals surface area (Å²) in [5.41, 5.74) is 4.69. The van der Waals surface area contributed by atoms with Gasteiger partial charge in [-0.15, -0.1) is 0 Å². The Balaban J connectivity index is 2.54. The Bertz CT molecular complexity index is 316. The molecule has 2 heterocycles. The van der Waals surface area contributed by atoms with Crippen LogP contribution in [0.15, 0.2) is 32.5 Å². The van der Waals surface area contributed by atoms with Crippen LogP contribution in [0.4, 0.5) is 0 Å². The number of hydrogen-bond acceptors (Lipinski definition) is 2. The predicted molar refractivity (Wildman–Crippen MR) is 47.0 cm³/mol. The average molecular weight is 146 g/mol. The number of hydrogen-bond donors (Lipinski definition) is 0. The van der Waals surface area contributed by atoms with Gasteiger partial charge in [0.2, 0.25) is 0 Å². The van der Waals surface area contributed by atoms with E-state index in [0.717, 1.165) is 12.1 Å². The summed E-state index contributed by atoms with van der Waals surface area (Å²) in [6, 6.07) is 0. The molecule has 0 aliphatic carbocycles. The summed E-state index contributed by atoms with van der Waals surface area (Å²) in [5.74, 6) is 0. The van der Waals surface area contributed by atoms with E-state index in [9.17, 15) is 0 Å². The van der Waals surface area contributed by atoms with Gasteiger partial charge in [-0.2, -0.15) is 0 Å². The highest BCUT2D eigenvalue weighted by molar-refractivity contribution is 6.06. The zero-order chi connectivity index (χ0) is 7.84. The summed E-state index contributed by atoms with van der Waals surface area (Å²) in [6.07, 6.45) is 4.82. The van der Waals surface area contributed by atoms with Crippen LogP contribution >= 0.6 is 0 Å². The molecule has 11 heavy (non-hydrogen) atoms. The summed E-state index contributed by atoms with van der Waals surface area (Å²) in [5, 5.41) is 0. The molecule has 2 aliphatic rings. The van der Waals surface area contributed by atoms with Crippen LogP contribution in [0, 0.1) is 0 Å². The van der Waals surface area contributed by atoms with E-state index in [0.29, 0.717) is 0 Å².